The first kappa shape index (κ1) is 15.4. The van der Waals surface area contributed by atoms with E-state index < -0.39 is 5.92 Å². The summed E-state index contributed by atoms with van der Waals surface area (Å²) in [6.07, 6.45) is 4.64. The van der Waals surface area contributed by atoms with Crippen LogP contribution in [-0.2, 0) is 11.2 Å². The molecule has 1 unspecified atom stereocenters. The summed E-state index contributed by atoms with van der Waals surface area (Å²) in [6, 6.07) is 9.61. The lowest BCUT2D eigenvalue weighted by atomic mass is 9.94. The lowest BCUT2D eigenvalue weighted by molar-refractivity contribution is -0.124. The van der Waals surface area contributed by atoms with Gasteiger partial charge in [-0.25, -0.2) is 0 Å². The first-order valence-corrected chi connectivity index (χ1v) is 7.37. The monoisotopic (exact) mass is 289 g/mol. The van der Waals surface area contributed by atoms with Gasteiger partial charge in [0.15, 0.2) is 5.84 Å². The normalized spacial score (nSPS) is 19.2. The number of rotatable bonds is 5. The summed E-state index contributed by atoms with van der Waals surface area (Å²) in [6.45, 7) is 2.06. The van der Waals surface area contributed by atoms with Gasteiger partial charge in [0.2, 0.25) is 5.91 Å². The van der Waals surface area contributed by atoms with E-state index in [0.717, 1.165) is 31.2 Å². The molecular formula is C16H23N3O2. The number of hydrogen-bond acceptors (Lipinski definition) is 3. The Morgan fingerprint density at radius 3 is 2.57 bits per heavy atom. The lowest BCUT2D eigenvalue weighted by Gasteiger charge is -2.28. The summed E-state index contributed by atoms with van der Waals surface area (Å²) in [4.78, 5) is 12.5. The first-order valence-electron chi connectivity index (χ1n) is 7.37. The van der Waals surface area contributed by atoms with Crippen molar-refractivity contribution in [3.05, 3.63) is 35.9 Å². The van der Waals surface area contributed by atoms with Crippen LogP contribution in [0.4, 0.5) is 0 Å². The molecule has 0 heterocycles. The Balaban J connectivity index is 2.10. The van der Waals surface area contributed by atoms with Crippen molar-refractivity contribution in [3.8, 4) is 0 Å². The standard InChI is InChI=1S/C16H23N3O2/c1-16(9-5-6-10-16)18-15(20)13(14(17)19-21)11-12-7-3-2-4-8-12/h2-4,7-8,13,21H,5-6,9-11H2,1H3,(H2,17,19)(H,18,20). The second kappa shape index (κ2) is 6.61. The van der Waals surface area contributed by atoms with Crippen molar-refractivity contribution < 1.29 is 10.0 Å². The molecule has 1 aromatic carbocycles. The van der Waals surface area contributed by atoms with Gasteiger partial charge < -0.3 is 16.3 Å². The second-order valence-corrected chi connectivity index (χ2v) is 6.02. The zero-order valence-corrected chi connectivity index (χ0v) is 12.4. The SMILES string of the molecule is CC1(NC(=O)C(Cc2ccccc2)C(N)=NO)CCCC1. The average molecular weight is 289 g/mol. The molecule has 1 amide bonds. The fraction of sp³-hybridized carbons (Fsp3) is 0.500. The van der Waals surface area contributed by atoms with Crippen LogP contribution in [-0.4, -0.2) is 22.5 Å². The number of benzene rings is 1. The van der Waals surface area contributed by atoms with E-state index in [4.69, 9.17) is 10.9 Å². The number of carbonyl (C=O) groups is 1. The van der Waals surface area contributed by atoms with Crippen molar-refractivity contribution >= 4 is 11.7 Å². The molecule has 0 radical (unpaired) electrons. The minimum absolute atomic E-state index is 0.0436. The minimum Gasteiger partial charge on any atom is -0.409 e. The Morgan fingerprint density at radius 1 is 1.38 bits per heavy atom. The van der Waals surface area contributed by atoms with E-state index in [-0.39, 0.29) is 17.3 Å². The molecule has 5 heteroatoms. The van der Waals surface area contributed by atoms with E-state index >= 15 is 0 Å². The molecule has 0 bridgehead atoms. The fourth-order valence-corrected chi connectivity index (χ4v) is 2.92. The van der Waals surface area contributed by atoms with Crippen molar-refractivity contribution in [2.24, 2.45) is 16.8 Å². The van der Waals surface area contributed by atoms with Gasteiger partial charge in [-0.3, -0.25) is 4.79 Å². The molecule has 114 valence electrons. The molecule has 0 aliphatic heterocycles. The third-order valence-electron chi connectivity index (χ3n) is 4.20. The number of oxime groups is 1. The van der Waals surface area contributed by atoms with Crippen molar-refractivity contribution in [2.45, 2.75) is 44.6 Å². The number of amides is 1. The maximum Gasteiger partial charge on any atom is 0.231 e. The molecule has 21 heavy (non-hydrogen) atoms. The lowest BCUT2D eigenvalue weighted by Crippen LogP contribution is -2.49. The van der Waals surface area contributed by atoms with Gasteiger partial charge in [-0.05, 0) is 31.7 Å². The largest absolute Gasteiger partial charge is 0.409 e. The molecule has 1 aromatic rings. The van der Waals surface area contributed by atoms with E-state index in [9.17, 15) is 4.79 Å². The van der Waals surface area contributed by atoms with Gasteiger partial charge in [-0.1, -0.05) is 48.3 Å². The summed E-state index contributed by atoms with van der Waals surface area (Å²) in [5.74, 6) is -0.855. The van der Waals surface area contributed by atoms with Crippen LogP contribution in [0.2, 0.25) is 0 Å². The number of nitrogens with two attached hydrogens (primary N) is 1. The second-order valence-electron chi connectivity index (χ2n) is 6.02. The van der Waals surface area contributed by atoms with Crippen LogP contribution in [0.1, 0.15) is 38.2 Å². The molecule has 5 nitrogen and oxygen atoms in total. The minimum atomic E-state index is -0.644. The Labute approximate surface area is 125 Å². The third kappa shape index (κ3) is 3.97. The van der Waals surface area contributed by atoms with Crippen molar-refractivity contribution in [2.75, 3.05) is 0 Å². The zero-order valence-electron chi connectivity index (χ0n) is 12.4. The van der Waals surface area contributed by atoms with E-state index in [1.807, 2.05) is 30.3 Å². The van der Waals surface area contributed by atoms with E-state index in [2.05, 4.69) is 17.4 Å². The van der Waals surface area contributed by atoms with Crippen LogP contribution in [0.3, 0.4) is 0 Å². The van der Waals surface area contributed by atoms with E-state index in [0.29, 0.717) is 6.42 Å². The molecule has 2 rings (SSSR count). The van der Waals surface area contributed by atoms with Crippen LogP contribution in [0.25, 0.3) is 0 Å². The van der Waals surface area contributed by atoms with Gasteiger partial charge >= 0.3 is 0 Å². The van der Waals surface area contributed by atoms with Crippen LogP contribution in [0, 0.1) is 5.92 Å². The highest BCUT2D eigenvalue weighted by Gasteiger charge is 2.33. The van der Waals surface area contributed by atoms with E-state index in [1.54, 1.807) is 0 Å². The van der Waals surface area contributed by atoms with Crippen LogP contribution in [0.15, 0.2) is 35.5 Å². The van der Waals surface area contributed by atoms with Gasteiger partial charge in [-0.2, -0.15) is 0 Å². The van der Waals surface area contributed by atoms with Gasteiger partial charge in [-0.15, -0.1) is 0 Å². The Kier molecular flexibility index (Phi) is 4.83. The zero-order chi connectivity index (χ0) is 15.3. The number of nitrogens with zero attached hydrogens (tertiary/aromatic N) is 1. The quantitative estimate of drug-likeness (QED) is 0.335. The van der Waals surface area contributed by atoms with Gasteiger partial charge in [0, 0.05) is 5.54 Å². The van der Waals surface area contributed by atoms with Crippen molar-refractivity contribution in [1.29, 1.82) is 0 Å². The predicted octanol–water partition coefficient (Wildman–Crippen LogP) is 2.04. The topological polar surface area (TPSA) is 87.7 Å². The number of amidine groups is 1. The molecule has 0 aromatic heterocycles. The summed E-state index contributed by atoms with van der Waals surface area (Å²) in [7, 11) is 0. The Morgan fingerprint density at radius 2 is 2.00 bits per heavy atom. The van der Waals surface area contributed by atoms with Gasteiger partial charge in [0.05, 0.1) is 0 Å². The Bertz CT molecular complexity index is 508. The highest BCUT2D eigenvalue weighted by Crippen LogP contribution is 2.29. The maximum absolute atomic E-state index is 12.5. The third-order valence-corrected chi connectivity index (χ3v) is 4.20. The molecule has 1 aliphatic rings. The van der Waals surface area contributed by atoms with Crippen LogP contribution < -0.4 is 11.1 Å². The van der Waals surface area contributed by atoms with Gasteiger partial charge in [0.25, 0.3) is 0 Å². The highest BCUT2D eigenvalue weighted by molar-refractivity contribution is 6.02. The molecule has 0 spiro atoms. The molecule has 1 saturated carbocycles. The van der Waals surface area contributed by atoms with Crippen LogP contribution >= 0.6 is 0 Å². The maximum atomic E-state index is 12.5. The van der Waals surface area contributed by atoms with Crippen LogP contribution in [0.5, 0.6) is 0 Å². The number of nitrogens with one attached hydrogen (secondary N) is 1. The summed E-state index contributed by atoms with van der Waals surface area (Å²) < 4.78 is 0. The van der Waals surface area contributed by atoms with E-state index in [1.165, 1.54) is 0 Å². The molecule has 1 atom stereocenters. The molecule has 1 aliphatic carbocycles. The molecule has 4 N–H and O–H groups in total. The summed E-state index contributed by atoms with van der Waals surface area (Å²) in [5, 5.41) is 15.1. The Hall–Kier alpha value is -2.04. The molecule has 0 saturated heterocycles. The predicted molar refractivity (Wildman–Crippen MR) is 82.1 cm³/mol. The smallest absolute Gasteiger partial charge is 0.231 e. The van der Waals surface area contributed by atoms with Gasteiger partial charge in [0.1, 0.15) is 5.92 Å². The number of hydrogen-bond donors (Lipinski definition) is 3. The molecule has 1 fully saturated rings. The average Bonchev–Trinajstić information content (AvgIpc) is 2.91. The summed E-state index contributed by atoms with van der Waals surface area (Å²) >= 11 is 0. The summed E-state index contributed by atoms with van der Waals surface area (Å²) in [5.41, 5.74) is 6.54. The highest BCUT2D eigenvalue weighted by atomic mass is 16.4. The first-order chi connectivity index (χ1) is 10.0. The van der Waals surface area contributed by atoms with Crippen molar-refractivity contribution in [3.63, 3.8) is 0 Å². The number of carbonyl (C=O) groups excluding carboxylic acids is 1. The fourth-order valence-electron chi connectivity index (χ4n) is 2.92. The molecular weight excluding hydrogens is 266 g/mol. The van der Waals surface area contributed by atoms with Crippen molar-refractivity contribution in [1.82, 2.24) is 5.32 Å².